The Bertz CT molecular complexity index is 986. The van der Waals surface area contributed by atoms with Crippen molar-refractivity contribution in [1.82, 2.24) is 0 Å². The van der Waals surface area contributed by atoms with Crippen LogP contribution in [0.3, 0.4) is 0 Å². The van der Waals surface area contributed by atoms with Gasteiger partial charge in [0.25, 0.3) is 5.91 Å². The summed E-state index contributed by atoms with van der Waals surface area (Å²) in [6, 6.07) is 11.5. The van der Waals surface area contributed by atoms with Crippen molar-refractivity contribution in [2.45, 2.75) is 20.8 Å². The predicted octanol–water partition coefficient (Wildman–Crippen LogP) is 5.28. The lowest BCUT2D eigenvalue weighted by Crippen LogP contribution is -2.21. The van der Waals surface area contributed by atoms with E-state index in [0.717, 1.165) is 32.5 Å². The zero-order valence-corrected chi connectivity index (χ0v) is 16.3. The fourth-order valence-electron chi connectivity index (χ4n) is 2.89. The second-order valence-electron chi connectivity index (χ2n) is 6.14. The molecule has 3 aromatic rings. The molecule has 1 amide bonds. The maximum absolute atomic E-state index is 12.3. The zero-order chi connectivity index (χ0) is 18.8. The average molecular weight is 388 g/mol. The summed E-state index contributed by atoms with van der Waals surface area (Å²) in [5.41, 5.74) is 3.81. The highest BCUT2D eigenvalue weighted by Gasteiger charge is 2.19. The number of fused-ring (bicyclic) bond motifs is 1. The molecule has 0 saturated carbocycles. The van der Waals surface area contributed by atoms with Gasteiger partial charge in [0.15, 0.2) is 6.61 Å². The number of aryl methyl sites for hydroxylation is 3. The van der Waals surface area contributed by atoms with Gasteiger partial charge in [-0.3, -0.25) is 4.79 Å². The quantitative estimate of drug-likeness (QED) is 0.620. The van der Waals surface area contributed by atoms with Crippen LogP contribution in [0.4, 0.5) is 5.69 Å². The SMILES string of the molecule is Cc1cc(C)c(NC(=O)COC(=O)c2sc3ccccc3c2Cl)c(C)c1. The summed E-state index contributed by atoms with van der Waals surface area (Å²) in [5.74, 6) is -0.977. The van der Waals surface area contributed by atoms with Crippen molar-refractivity contribution in [2.75, 3.05) is 11.9 Å². The minimum atomic E-state index is -0.594. The third-order valence-corrected chi connectivity index (χ3v) is 5.65. The number of carbonyl (C=O) groups excluding carboxylic acids is 2. The highest BCUT2D eigenvalue weighted by atomic mass is 35.5. The molecule has 0 unspecified atom stereocenters. The number of esters is 1. The van der Waals surface area contributed by atoms with Crippen LogP contribution in [0, 0.1) is 20.8 Å². The molecule has 0 aliphatic rings. The maximum Gasteiger partial charge on any atom is 0.350 e. The molecule has 1 N–H and O–H groups in total. The number of ether oxygens (including phenoxy) is 1. The van der Waals surface area contributed by atoms with Crippen molar-refractivity contribution < 1.29 is 14.3 Å². The van der Waals surface area contributed by atoms with Gasteiger partial charge >= 0.3 is 5.97 Å². The van der Waals surface area contributed by atoms with Gasteiger partial charge in [-0.15, -0.1) is 11.3 Å². The highest BCUT2D eigenvalue weighted by molar-refractivity contribution is 7.21. The van der Waals surface area contributed by atoms with E-state index < -0.39 is 5.97 Å². The number of anilines is 1. The third-order valence-electron chi connectivity index (χ3n) is 4.00. The first kappa shape index (κ1) is 18.4. The molecule has 6 heteroatoms. The molecule has 0 aliphatic heterocycles. The van der Waals surface area contributed by atoms with Crippen molar-refractivity contribution in [1.29, 1.82) is 0 Å². The fourth-order valence-corrected chi connectivity index (χ4v) is 4.30. The second-order valence-corrected chi connectivity index (χ2v) is 7.57. The number of hydrogen-bond donors (Lipinski definition) is 1. The highest BCUT2D eigenvalue weighted by Crippen LogP contribution is 2.35. The summed E-state index contributed by atoms with van der Waals surface area (Å²) >= 11 is 7.52. The van der Waals surface area contributed by atoms with Gasteiger partial charge in [0, 0.05) is 15.8 Å². The normalized spacial score (nSPS) is 10.8. The van der Waals surface area contributed by atoms with Crippen molar-refractivity contribution in [3.63, 3.8) is 0 Å². The summed E-state index contributed by atoms with van der Waals surface area (Å²) in [4.78, 5) is 24.8. The van der Waals surface area contributed by atoms with E-state index in [1.807, 2.05) is 57.2 Å². The van der Waals surface area contributed by atoms with Gasteiger partial charge in [0.05, 0.1) is 5.02 Å². The Labute approximate surface area is 160 Å². The number of benzene rings is 2. The van der Waals surface area contributed by atoms with Crippen LogP contribution in [0.25, 0.3) is 10.1 Å². The van der Waals surface area contributed by atoms with Gasteiger partial charge in [0.2, 0.25) is 0 Å². The lowest BCUT2D eigenvalue weighted by Gasteiger charge is -2.12. The van der Waals surface area contributed by atoms with Crippen molar-refractivity contribution >= 4 is 50.6 Å². The van der Waals surface area contributed by atoms with Crippen molar-refractivity contribution in [3.8, 4) is 0 Å². The Morgan fingerprint density at radius 2 is 1.77 bits per heavy atom. The smallest absolute Gasteiger partial charge is 0.350 e. The maximum atomic E-state index is 12.3. The Morgan fingerprint density at radius 3 is 2.42 bits per heavy atom. The first-order chi connectivity index (χ1) is 12.4. The van der Waals surface area contributed by atoms with E-state index in [9.17, 15) is 9.59 Å². The standard InChI is InChI=1S/C20H18ClNO3S/c1-11-8-12(2)18(13(3)9-11)22-16(23)10-25-20(24)19-17(21)14-6-4-5-7-15(14)26-19/h4-9H,10H2,1-3H3,(H,22,23). The van der Waals surface area contributed by atoms with Gasteiger partial charge in [-0.05, 0) is 38.0 Å². The van der Waals surface area contributed by atoms with Gasteiger partial charge in [-0.25, -0.2) is 4.79 Å². The van der Waals surface area contributed by atoms with Gasteiger partial charge in [-0.1, -0.05) is 47.5 Å². The van der Waals surface area contributed by atoms with E-state index in [0.29, 0.717) is 9.90 Å². The topological polar surface area (TPSA) is 55.4 Å². The van der Waals surface area contributed by atoms with E-state index >= 15 is 0 Å². The summed E-state index contributed by atoms with van der Waals surface area (Å²) in [7, 11) is 0. The molecule has 26 heavy (non-hydrogen) atoms. The minimum absolute atomic E-state index is 0.309. The Kier molecular flexibility index (Phi) is 5.30. The van der Waals surface area contributed by atoms with Gasteiger partial charge in [-0.2, -0.15) is 0 Å². The molecule has 3 rings (SSSR count). The lowest BCUT2D eigenvalue weighted by molar-refractivity contribution is -0.119. The number of rotatable bonds is 4. The molecule has 0 atom stereocenters. The van der Waals surface area contributed by atoms with Gasteiger partial charge < -0.3 is 10.1 Å². The number of thiophene rings is 1. The Morgan fingerprint density at radius 1 is 1.12 bits per heavy atom. The summed E-state index contributed by atoms with van der Waals surface area (Å²) in [5, 5.41) is 3.98. The molecular weight excluding hydrogens is 370 g/mol. The second kappa shape index (κ2) is 7.48. The van der Waals surface area contributed by atoms with Crippen LogP contribution in [0.15, 0.2) is 36.4 Å². The number of carbonyl (C=O) groups is 2. The summed E-state index contributed by atoms with van der Waals surface area (Å²) in [6.45, 7) is 5.50. The Balaban J connectivity index is 1.67. The largest absolute Gasteiger partial charge is 0.451 e. The van der Waals surface area contributed by atoms with Crippen LogP contribution in [-0.4, -0.2) is 18.5 Å². The summed E-state index contributed by atoms with van der Waals surface area (Å²) < 4.78 is 6.05. The van der Waals surface area contributed by atoms with Crippen molar-refractivity contribution in [2.24, 2.45) is 0 Å². The van der Waals surface area contributed by atoms with Crippen LogP contribution in [0.2, 0.25) is 5.02 Å². The predicted molar refractivity (Wildman–Crippen MR) is 106 cm³/mol. The number of halogens is 1. The minimum Gasteiger partial charge on any atom is -0.451 e. The van der Waals surface area contributed by atoms with Crippen LogP contribution in [0.1, 0.15) is 26.4 Å². The number of hydrogen-bond acceptors (Lipinski definition) is 4. The van der Waals surface area contributed by atoms with E-state index in [2.05, 4.69) is 5.32 Å². The van der Waals surface area contributed by atoms with Crippen LogP contribution < -0.4 is 5.32 Å². The molecule has 0 saturated heterocycles. The molecule has 1 aromatic heterocycles. The number of nitrogens with one attached hydrogen (secondary N) is 1. The Hall–Kier alpha value is -2.37. The first-order valence-corrected chi connectivity index (χ1v) is 9.28. The average Bonchev–Trinajstić information content (AvgIpc) is 2.93. The van der Waals surface area contributed by atoms with E-state index in [1.54, 1.807) is 0 Å². The van der Waals surface area contributed by atoms with E-state index in [4.69, 9.17) is 16.3 Å². The van der Waals surface area contributed by atoms with Gasteiger partial charge in [0.1, 0.15) is 4.88 Å². The molecule has 2 aromatic carbocycles. The molecule has 0 bridgehead atoms. The molecular formula is C20H18ClNO3S. The molecule has 0 fully saturated rings. The molecule has 0 radical (unpaired) electrons. The fraction of sp³-hybridized carbons (Fsp3) is 0.200. The third kappa shape index (κ3) is 3.74. The van der Waals surface area contributed by atoms with Crippen LogP contribution in [-0.2, 0) is 9.53 Å². The zero-order valence-electron chi connectivity index (χ0n) is 14.7. The van der Waals surface area contributed by atoms with Crippen LogP contribution >= 0.6 is 22.9 Å². The van der Waals surface area contributed by atoms with E-state index in [1.165, 1.54) is 11.3 Å². The molecule has 0 spiro atoms. The lowest BCUT2D eigenvalue weighted by atomic mass is 10.1. The number of amides is 1. The monoisotopic (exact) mass is 387 g/mol. The van der Waals surface area contributed by atoms with Crippen molar-refractivity contribution in [3.05, 3.63) is 63.0 Å². The first-order valence-electron chi connectivity index (χ1n) is 8.08. The molecule has 4 nitrogen and oxygen atoms in total. The molecule has 134 valence electrons. The molecule has 0 aliphatic carbocycles. The summed E-state index contributed by atoms with van der Waals surface area (Å²) in [6.07, 6.45) is 0. The molecule has 1 heterocycles. The van der Waals surface area contributed by atoms with E-state index in [-0.39, 0.29) is 12.5 Å². The van der Waals surface area contributed by atoms with Crippen LogP contribution in [0.5, 0.6) is 0 Å².